The second-order valence-electron chi connectivity index (χ2n) is 4.25. The number of hydrogen-bond donors (Lipinski definition) is 1. The summed E-state index contributed by atoms with van der Waals surface area (Å²) in [6.07, 6.45) is -0.0366. The monoisotopic (exact) mass is 270 g/mol. The summed E-state index contributed by atoms with van der Waals surface area (Å²) in [6.45, 7) is 0.0424. The number of benzene rings is 1. The lowest BCUT2D eigenvalue weighted by Crippen LogP contribution is -2.27. The Morgan fingerprint density at radius 1 is 1.42 bits per heavy atom. The van der Waals surface area contributed by atoms with Crippen LogP contribution in [0.3, 0.4) is 0 Å². The van der Waals surface area contributed by atoms with E-state index in [0.29, 0.717) is 0 Å². The Bertz CT molecular complexity index is 548. The lowest BCUT2D eigenvalue weighted by Gasteiger charge is -2.18. The third kappa shape index (κ3) is 2.35. The van der Waals surface area contributed by atoms with Gasteiger partial charge in [-0.15, -0.1) is 0 Å². The van der Waals surface area contributed by atoms with Gasteiger partial charge in [0, 0.05) is 25.1 Å². The summed E-state index contributed by atoms with van der Waals surface area (Å²) < 4.78 is 30.7. The van der Waals surface area contributed by atoms with Crippen molar-refractivity contribution in [1.82, 2.24) is 0 Å². The molecule has 1 unspecified atom stereocenters. The minimum Gasteiger partial charge on any atom is -0.469 e. The highest BCUT2D eigenvalue weighted by Crippen LogP contribution is 2.31. The maximum absolute atomic E-state index is 13.2. The highest BCUT2D eigenvalue weighted by Gasteiger charge is 2.36. The van der Waals surface area contributed by atoms with Crippen LogP contribution in [-0.2, 0) is 14.3 Å². The zero-order valence-electron chi connectivity index (χ0n) is 10.2. The number of hydrogen-bond acceptors (Lipinski definition) is 4. The van der Waals surface area contributed by atoms with Crippen LogP contribution in [0.25, 0.3) is 0 Å². The van der Waals surface area contributed by atoms with E-state index in [4.69, 9.17) is 5.73 Å². The van der Waals surface area contributed by atoms with Gasteiger partial charge in [0.15, 0.2) is 11.6 Å². The normalized spacial score (nSPS) is 18.8. The summed E-state index contributed by atoms with van der Waals surface area (Å²) in [5.74, 6) is -3.70. The van der Waals surface area contributed by atoms with Crippen LogP contribution in [0.1, 0.15) is 6.42 Å². The van der Waals surface area contributed by atoms with Crippen LogP contribution in [0.15, 0.2) is 12.1 Å². The topological polar surface area (TPSA) is 72.6 Å². The number of carbonyl (C=O) groups is 2. The smallest absolute Gasteiger partial charge is 0.311 e. The fourth-order valence-electron chi connectivity index (χ4n) is 2.05. The summed E-state index contributed by atoms with van der Waals surface area (Å²) in [4.78, 5) is 24.3. The third-order valence-electron chi connectivity index (χ3n) is 3.02. The molecular formula is C12H12F2N2O3. The number of halogens is 2. The molecule has 1 saturated heterocycles. The Morgan fingerprint density at radius 2 is 2.05 bits per heavy atom. The number of rotatable bonds is 2. The van der Waals surface area contributed by atoms with E-state index in [1.165, 1.54) is 12.0 Å². The van der Waals surface area contributed by atoms with E-state index in [2.05, 4.69) is 4.74 Å². The van der Waals surface area contributed by atoms with Crippen molar-refractivity contribution in [2.24, 2.45) is 5.92 Å². The van der Waals surface area contributed by atoms with Gasteiger partial charge in [-0.2, -0.15) is 0 Å². The van der Waals surface area contributed by atoms with Gasteiger partial charge in [0.05, 0.1) is 24.4 Å². The summed E-state index contributed by atoms with van der Waals surface area (Å²) in [5.41, 5.74) is 5.58. The van der Waals surface area contributed by atoms with Crippen LogP contribution >= 0.6 is 0 Å². The predicted octanol–water partition coefficient (Wildman–Crippen LogP) is 1.07. The number of ether oxygens (including phenoxy) is 1. The Hall–Kier alpha value is -2.18. The van der Waals surface area contributed by atoms with Crippen LogP contribution in [0, 0.1) is 17.6 Å². The first kappa shape index (κ1) is 13.3. The highest BCUT2D eigenvalue weighted by molar-refractivity contribution is 6.01. The summed E-state index contributed by atoms with van der Waals surface area (Å²) in [7, 11) is 1.22. The van der Waals surface area contributed by atoms with E-state index < -0.39 is 23.5 Å². The first-order valence-corrected chi connectivity index (χ1v) is 5.56. The molecule has 7 heteroatoms. The molecule has 1 aromatic rings. The van der Waals surface area contributed by atoms with Crippen molar-refractivity contribution >= 4 is 23.3 Å². The molecule has 0 aromatic heterocycles. The molecule has 1 amide bonds. The SMILES string of the molecule is COC(=O)C1CC(=O)N(c2cc(F)c(F)cc2N)C1. The summed E-state index contributed by atoms with van der Waals surface area (Å²) in [5, 5.41) is 0. The zero-order chi connectivity index (χ0) is 14.2. The van der Waals surface area contributed by atoms with Crippen LogP contribution in [0.4, 0.5) is 20.2 Å². The van der Waals surface area contributed by atoms with Gasteiger partial charge in [0.25, 0.3) is 0 Å². The summed E-state index contributed by atoms with van der Waals surface area (Å²) in [6, 6.07) is 1.66. The highest BCUT2D eigenvalue weighted by atomic mass is 19.2. The molecule has 5 nitrogen and oxygen atoms in total. The lowest BCUT2D eigenvalue weighted by molar-refractivity contribution is -0.145. The molecule has 1 heterocycles. The number of nitrogens with two attached hydrogens (primary N) is 1. The molecule has 0 spiro atoms. The van der Waals surface area contributed by atoms with E-state index in [-0.39, 0.29) is 30.2 Å². The molecular weight excluding hydrogens is 258 g/mol. The molecule has 1 fully saturated rings. The fourth-order valence-corrected chi connectivity index (χ4v) is 2.05. The van der Waals surface area contributed by atoms with Crippen LogP contribution in [-0.4, -0.2) is 25.5 Å². The number of nitrogens with zero attached hydrogens (tertiary/aromatic N) is 1. The van der Waals surface area contributed by atoms with Crippen molar-refractivity contribution in [3.8, 4) is 0 Å². The molecule has 0 aliphatic carbocycles. The van der Waals surface area contributed by atoms with Crippen molar-refractivity contribution < 1.29 is 23.1 Å². The molecule has 0 bridgehead atoms. The predicted molar refractivity (Wildman–Crippen MR) is 63.2 cm³/mol. The molecule has 2 rings (SSSR count). The average Bonchev–Trinajstić information content (AvgIpc) is 2.75. The van der Waals surface area contributed by atoms with Crippen LogP contribution in [0.5, 0.6) is 0 Å². The molecule has 1 aliphatic rings. The van der Waals surface area contributed by atoms with Gasteiger partial charge in [-0.25, -0.2) is 8.78 Å². The molecule has 2 N–H and O–H groups in total. The van der Waals surface area contributed by atoms with Crippen molar-refractivity contribution in [3.63, 3.8) is 0 Å². The van der Waals surface area contributed by atoms with E-state index in [1.807, 2.05) is 0 Å². The summed E-state index contributed by atoms with van der Waals surface area (Å²) >= 11 is 0. The maximum atomic E-state index is 13.2. The van der Waals surface area contributed by atoms with Gasteiger partial charge < -0.3 is 15.4 Å². The van der Waals surface area contributed by atoms with Gasteiger partial charge in [0.2, 0.25) is 5.91 Å². The Balaban J connectivity index is 2.30. The maximum Gasteiger partial charge on any atom is 0.311 e. The van der Waals surface area contributed by atoms with Gasteiger partial charge in [-0.3, -0.25) is 9.59 Å². The number of amides is 1. The van der Waals surface area contributed by atoms with E-state index >= 15 is 0 Å². The minimum atomic E-state index is -1.10. The van der Waals surface area contributed by atoms with E-state index in [1.54, 1.807) is 0 Å². The molecule has 102 valence electrons. The van der Waals surface area contributed by atoms with Crippen molar-refractivity contribution in [1.29, 1.82) is 0 Å². The standard InChI is InChI=1S/C12H12F2N2O3/c1-19-12(18)6-2-11(17)16(5-6)10-4-8(14)7(13)3-9(10)15/h3-4,6H,2,5,15H2,1H3. The second kappa shape index (κ2) is 4.83. The van der Waals surface area contributed by atoms with Gasteiger partial charge in [0.1, 0.15) is 0 Å². The van der Waals surface area contributed by atoms with Crippen molar-refractivity contribution in [3.05, 3.63) is 23.8 Å². The van der Waals surface area contributed by atoms with E-state index in [0.717, 1.165) is 12.1 Å². The van der Waals surface area contributed by atoms with Crippen molar-refractivity contribution in [2.75, 3.05) is 24.3 Å². The average molecular weight is 270 g/mol. The number of nitrogen functional groups attached to an aromatic ring is 1. The Kier molecular flexibility index (Phi) is 3.37. The minimum absolute atomic E-state index is 0.0366. The van der Waals surface area contributed by atoms with Gasteiger partial charge in [-0.1, -0.05) is 0 Å². The number of esters is 1. The fraction of sp³-hybridized carbons (Fsp3) is 0.333. The second-order valence-corrected chi connectivity index (χ2v) is 4.25. The quantitative estimate of drug-likeness (QED) is 0.644. The first-order chi connectivity index (χ1) is 8.93. The zero-order valence-corrected chi connectivity index (χ0v) is 10.2. The van der Waals surface area contributed by atoms with Crippen LogP contribution < -0.4 is 10.6 Å². The number of carbonyl (C=O) groups excluding carboxylic acids is 2. The number of anilines is 2. The van der Waals surface area contributed by atoms with Crippen LogP contribution in [0.2, 0.25) is 0 Å². The Labute approximate surface area is 107 Å². The first-order valence-electron chi connectivity index (χ1n) is 5.56. The van der Waals surface area contributed by atoms with Gasteiger partial charge >= 0.3 is 5.97 Å². The van der Waals surface area contributed by atoms with Crippen molar-refractivity contribution in [2.45, 2.75) is 6.42 Å². The van der Waals surface area contributed by atoms with Gasteiger partial charge in [-0.05, 0) is 0 Å². The molecule has 1 aromatic carbocycles. The third-order valence-corrected chi connectivity index (χ3v) is 3.02. The molecule has 0 saturated carbocycles. The largest absolute Gasteiger partial charge is 0.469 e. The molecule has 19 heavy (non-hydrogen) atoms. The van der Waals surface area contributed by atoms with E-state index in [9.17, 15) is 18.4 Å². The molecule has 1 atom stereocenters. The number of methoxy groups -OCH3 is 1. The Morgan fingerprint density at radius 3 is 2.68 bits per heavy atom. The molecule has 1 aliphatic heterocycles. The lowest BCUT2D eigenvalue weighted by atomic mass is 10.1. The molecule has 0 radical (unpaired) electrons.